The van der Waals surface area contributed by atoms with Crippen molar-refractivity contribution in [2.45, 2.75) is 50.2 Å². The van der Waals surface area contributed by atoms with Crippen molar-refractivity contribution in [3.05, 3.63) is 41.3 Å². The molecule has 2 N–H and O–H groups in total. The van der Waals surface area contributed by atoms with Gasteiger partial charge in [-0.15, -0.1) is 36.9 Å². The third-order valence-corrected chi connectivity index (χ3v) is 6.14. The van der Waals surface area contributed by atoms with Crippen molar-refractivity contribution in [2.75, 3.05) is 0 Å². The minimum absolute atomic E-state index is 0. The van der Waals surface area contributed by atoms with Gasteiger partial charge in [0.15, 0.2) is 0 Å². The average molecular weight is 433 g/mol. The number of amides is 1. The van der Waals surface area contributed by atoms with Gasteiger partial charge in [-0.05, 0) is 67.6 Å². The topological polar surface area (TPSA) is 50.4 Å². The molecule has 9 heteroatoms. The molecule has 0 saturated carbocycles. The van der Waals surface area contributed by atoms with Crippen LogP contribution in [0.5, 0.6) is 5.75 Å². The minimum Gasteiger partial charge on any atom is -0.406 e. The maximum atomic E-state index is 12.5. The molecule has 4 nitrogen and oxygen atoms in total. The number of carbonyl (C=O) groups excluding carboxylic acids is 1. The Kier molecular flexibility index (Phi) is 6.21. The summed E-state index contributed by atoms with van der Waals surface area (Å²) in [5.74, 6) is -0.351. The van der Waals surface area contributed by atoms with Crippen LogP contribution in [0.1, 0.15) is 35.4 Å². The van der Waals surface area contributed by atoms with Crippen molar-refractivity contribution in [1.82, 2.24) is 10.6 Å². The Balaban J connectivity index is 0.00000225. The third kappa shape index (κ3) is 4.98. The molecule has 0 radical (unpaired) electrons. The maximum Gasteiger partial charge on any atom is 0.573 e. The van der Waals surface area contributed by atoms with Crippen LogP contribution in [0, 0.1) is 0 Å². The molecule has 2 bridgehead atoms. The second kappa shape index (κ2) is 8.31. The van der Waals surface area contributed by atoms with E-state index in [-0.39, 0.29) is 30.1 Å². The molecule has 2 unspecified atom stereocenters. The number of hydrogen-bond donors (Lipinski definition) is 2. The lowest BCUT2D eigenvalue weighted by Gasteiger charge is -2.29. The van der Waals surface area contributed by atoms with Gasteiger partial charge in [0.05, 0.1) is 4.88 Å². The van der Waals surface area contributed by atoms with Crippen molar-refractivity contribution < 1.29 is 22.7 Å². The Morgan fingerprint density at radius 1 is 1.07 bits per heavy atom. The lowest BCUT2D eigenvalue weighted by Crippen LogP contribution is -2.47. The number of alkyl halides is 3. The van der Waals surface area contributed by atoms with E-state index in [9.17, 15) is 18.0 Å². The Bertz CT molecular complexity index is 813. The molecule has 0 aliphatic carbocycles. The molecule has 28 heavy (non-hydrogen) atoms. The fourth-order valence-corrected chi connectivity index (χ4v) is 4.78. The van der Waals surface area contributed by atoms with E-state index in [4.69, 9.17) is 0 Å². The van der Waals surface area contributed by atoms with Gasteiger partial charge in [-0.3, -0.25) is 4.79 Å². The summed E-state index contributed by atoms with van der Waals surface area (Å²) in [6.45, 7) is 0. The zero-order chi connectivity index (χ0) is 19.0. The molecule has 4 rings (SSSR count). The number of piperidine rings is 1. The molecule has 1 aromatic heterocycles. The van der Waals surface area contributed by atoms with E-state index in [1.165, 1.54) is 36.3 Å². The molecular formula is C19H20ClF3N2O2S. The fraction of sp³-hybridized carbons (Fsp3) is 0.421. The van der Waals surface area contributed by atoms with E-state index < -0.39 is 6.36 Å². The summed E-state index contributed by atoms with van der Waals surface area (Å²) < 4.78 is 40.6. The smallest absolute Gasteiger partial charge is 0.406 e. The zero-order valence-corrected chi connectivity index (χ0v) is 16.4. The van der Waals surface area contributed by atoms with Gasteiger partial charge in [0.1, 0.15) is 5.75 Å². The van der Waals surface area contributed by atoms with Crippen molar-refractivity contribution in [1.29, 1.82) is 0 Å². The molecule has 1 amide bonds. The van der Waals surface area contributed by atoms with Crippen LogP contribution in [0.4, 0.5) is 13.2 Å². The van der Waals surface area contributed by atoms with Gasteiger partial charge in [0, 0.05) is 23.0 Å². The first-order valence-electron chi connectivity index (χ1n) is 8.89. The molecule has 2 aromatic rings. The van der Waals surface area contributed by atoms with Crippen molar-refractivity contribution in [3.8, 4) is 16.2 Å². The molecule has 152 valence electrons. The van der Waals surface area contributed by atoms with Crippen LogP contribution in [-0.2, 0) is 0 Å². The molecule has 2 atom stereocenters. The molecule has 0 spiro atoms. The molecule has 2 fully saturated rings. The van der Waals surface area contributed by atoms with Gasteiger partial charge < -0.3 is 15.4 Å². The molecule has 2 saturated heterocycles. The number of fused-ring (bicyclic) bond motifs is 2. The standard InChI is InChI=1S/C19H19F3N2O2S.ClH/c20-19(21,22)26-15-5-1-11(2-6-15)16-7-8-17(27-16)18(25)24-14-9-12-3-4-13(10-14)23-12;/h1-2,5-8,12-14,23H,3-4,9-10H2,(H,24,25);1H. The quantitative estimate of drug-likeness (QED) is 0.733. The average Bonchev–Trinajstić information content (AvgIpc) is 3.21. The summed E-state index contributed by atoms with van der Waals surface area (Å²) in [5.41, 5.74) is 0.744. The van der Waals surface area contributed by atoms with Gasteiger partial charge in [-0.2, -0.15) is 0 Å². The molecular weight excluding hydrogens is 413 g/mol. The highest BCUT2D eigenvalue weighted by molar-refractivity contribution is 7.17. The number of benzene rings is 1. The number of nitrogens with one attached hydrogen (secondary N) is 2. The number of halogens is 4. The van der Waals surface area contributed by atoms with Crippen molar-refractivity contribution in [3.63, 3.8) is 0 Å². The Morgan fingerprint density at radius 2 is 1.71 bits per heavy atom. The highest BCUT2D eigenvalue weighted by Crippen LogP contribution is 2.32. The summed E-state index contributed by atoms with van der Waals surface area (Å²) in [6.07, 6.45) is -0.436. The first-order chi connectivity index (χ1) is 12.9. The van der Waals surface area contributed by atoms with Gasteiger partial charge in [-0.25, -0.2) is 0 Å². The Labute approximate surface area is 170 Å². The van der Waals surface area contributed by atoms with E-state index in [1.54, 1.807) is 18.2 Å². The van der Waals surface area contributed by atoms with Crippen LogP contribution in [0.25, 0.3) is 10.4 Å². The molecule has 2 aliphatic heterocycles. The van der Waals surface area contributed by atoms with E-state index in [0.717, 1.165) is 23.3 Å². The summed E-state index contributed by atoms with van der Waals surface area (Å²) in [7, 11) is 0. The highest BCUT2D eigenvalue weighted by atomic mass is 35.5. The predicted molar refractivity (Wildman–Crippen MR) is 104 cm³/mol. The molecule has 3 heterocycles. The number of carbonyl (C=O) groups is 1. The van der Waals surface area contributed by atoms with Crippen molar-refractivity contribution >= 4 is 29.7 Å². The first kappa shape index (κ1) is 21.0. The van der Waals surface area contributed by atoms with Gasteiger partial charge in [-0.1, -0.05) is 0 Å². The van der Waals surface area contributed by atoms with Gasteiger partial charge in [0.25, 0.3) is 5.91 Å². The second-order valence-corrected chi connectivity index (χ2v) is 8.10. The lowest BCUT2D eigenvalue weighted by molar-refractivity contribution is -0.274. The van der Waals surface area contributed by atoms with Crippen LogP contribution in [-0.4, -0.2) is 30.4 Å². The van der Waals surface area contributed by atoms with E-state index in [0.29, 0.717) is 17.0 Å². The number of ether oxygens (including phenoxy) is 1. The maximum absolute atomic E-state index is 12.5. The third-order valence-electron chi connectivity index (χ3n) is 5.01. The summed E-state index contributed by atoms with van der Waals surface area (Å²) in [4.78, 5) is 14.0. The summed E-state index contributed by atoms with van der Waals surface area (Å²) in [6, 6.07) is 10.4. The summed E-state index contributed by atoms with van der Waals surface area (Å²) in [5, 5.41) is 6.67. The predicted octanol–water partition coefficient (Wildman–Crippen LogP) is 4.75. The monoisotopic (exact) mass is 432 g/mol. The SMILES string of the molecule is Cl.O=C(NC1CC2CCC(C1)N2)c1ccc(-c2ccc(OC(F)(F)F)cc2)s1. The number of rotatable bonds is 4. The normalized spacial score (nSPS) is 23.8. The number of hydrogen-bond acceptors (Lipinski definition) is 4. The minimum atomic E-state index is -4.70. The van der Waals surface area contributed by atoms with Crippen LogP contribution < -0.4 is 15.4 Å². The summed E-state index contributed by atoms with van der Waals surface area (Å²) >= 11 is 1.33. The van der Waals surface area contributed by atoms with Crippen LogP contribution in [0.2, 0.25) is 0 Å². The largest absolute Gasteiger partial charge is 0.573 e. The molecule has 1 aromatic carbocycles. The van der Waals surface area contributed by atoms with Crippen LogP contribution in [0.15, 0.2) is 36.4 Å². The second-order valence-electron chi connectivity index (χ2n) is 7.02. The van der Waals surface area contributed by atoms with E-state index in [2.05, 4.69) is 15.4 Å². The van der Waals surface area contributed by atoms with E-state index in [1.807, 2.05) is 6.07 Å². The van der Waals surface area contributed by atoms with Crippen molar-refractivity contribution in [2.24, 2.45) is 0 Å². The van der Waals surface area contributed by atoms with E-state index >= 15 is 0 Å². The Morgan fingerprint density at radius 3 is 2.32 bits per heavy atom. The highest BCUT2D eigenvalue weighted by Gasteiger charge is 2.34. The Hall–Kier alpha value is -1.77. The van der Waals surface area contributed by atoms with Crippen LogP contribution >= 0.6 is 23.7 Å². The van der Waals surface area contributed by atoms with Crippen LogP contribution in [0.3, 0.4) is 0 Å². The van der Waals surface area contributed by atoms with Gasteiger partial charge >= 0.3 is 6.36 Å². The lowest BCUT2D eigenvalue weighted by atomic mass is 10.00. The van der Waals surface area contributed by atoms with Gasteiger partial charge in [0.2, 0.25) is 0 Å². The first-order valence-corrected chi connectivity index (χ1v) is 9.70. The zero-order valence-electron chi connectivity index (χ0n) is 14.8. The number of thiophene rings is 1. The fourth-order valence-electron chi connectivity index (χ4n) is 3.87. The molecule has 2 aliphatic rings.